The molecule has 0 aromatic carbocycles. The number of hydrogen-bond acceptors (Lipinski definition) is 3. The van der Waals surface area contributed by atoms with Gasteiger partial charge in [-0.15, -0.1) is 0 Å². The summed E-state index contributed by atoms with van der Waals surface area (Å²) in [5, 5.41) is 2.53. The summed E-state index contributed by atoms with van der Waals surface area (Å²) in [6.45, 7) is 2.03. The number of nitrogens with one attached hydrogen (secondary N) is 1. The number of aryl methyl sites for hydroxylation is 1. The quantitative estimate of drug-likeness (QED) is 0.841. The summed E-state index contributed by atoms with van der Waals surface area (Å²) in [5.41, 5.74) is 2.18. The van der Waals surface area contributed by atoms with Crippen LogP contribution in [0.1, 0.15) is 49.1 Å². The molecule has 0 radical (unpaired) electrons. The van der Waals surface area contributed by atoms with Crippen molar-refractivity contribution in [2.24, 2.45) is 11.8 Å². The molecule has 1 saturated carbocycles. The lowest BCUT2D eigenvalue weighted by Gasteiger charge is -2.34. The van der Waals surface area contributed by atoms with Crippen LogP contribution in [-0.2, 0) is 9.59 Å². The van der Waals surface area contributed by atoms with Crippen molar-refractivity contribution >= 4 is 11.8 Å². The Morgan fingerprint density at radius 2 is 2.00 bits per heavy atom. The predicted octanol–water partition coefficient (Wildman–Crippen LogP) is 2.33. The summed E-state index contributed by atoms with van der Waals surface area (Å²) in [4.78, 5) is 28.3. The zero-order valence-corrected chi connectivity index (χ0v) is 11.8. The highest BCUT2D eigenvalue weighted by Crippen LogP contribution is 2.43. The Kier molecular flexibility index (Phi) is 3.55. The van der Waals surface area contributed by atoms with Crippen LogP contribution in [0, 0.1) is 18.8 Å². The number of carbonyl (C=O) groups is 2. The van der Waals surface area contributed by atoms with E-state index in [0.29, 0.717) is 12.3 Å². The standard InChI is InChI=1S/C16H20N2O2/c1-10-6-7-17-9-13(10)12-8-14(19)18-16(20)15(12)11-4-2-3-5-11/h6-7,9,11-12,15H,2-5,8H2,1H3,(H,18,19,20). The molecule has 1 saturated heterocycles. The van der Waals surface area contributed by atoms with Crippen LogP contribution in [0.15, 0.2) is 18.5 Å². The Morgan fingerprint density at radius 1 is 1.25 bits per heavy atom. The summed E-state index contributed by atoms with van der Waals surface area (Å²) < 4.78 is 0. The van der Waals surface area contributed by atoms with E-state index in [1.54, 1.807) is 6.20 Å². The molecule has 20 heavy (non-hydrogen) atoms. The molecule has 4 heteroatoms. The summed E-state index contributed by atoms with van der Waals surface area (Å²) >= 11 is 0. The van der Waals surface area contributed by atoms with Crippen LogP contribution >= 0.6 is 0 Å². The topological polar surface area (TPSA) is 59.1 Å². The molecule has 2 fully saturated rings. The van der Waals surface area contributed by atoms with Gasteiger partial charge in [0, 0.05) is 30.7 Å². The van der Waals surface area contributed by atoms with Crippen LogP contribution < -0.4 is 5.32 Å². The maximum absolute atomic E-state index is 12.3. The highest BCUT2D eigenvalue weighted by molar-refractivity contribution is 6.00. The van der Waals surface area contributed by atoms with Gasteiger partial charge >= 0.3 is 0 Å². The number of rotatable bonds is 2. The Labute approximate surface area is 119 Å². The molecule has 1 N–H and O–H groups in total. The normalized spacial score (nSPS) is 27.6. The third-order valence-electron chi connectivity index (χ3n) is 4.79. The van der Waals surface area contributed by atoms with Crippen molar-refractivity contribution in [2.45, 2.75) is 44.9 Å². The van der Waals surface area contributed by atoms with Gasteiger partial charge in [-0.3, -0.25) is 19.9 Å². The van der Waals surface area contributed by atoms with E-state index in [-0.39, 0.29) is 23.7 Å². The van der Waals surface area contributed by atoms with Gasteiger partial charge in [-0.25, -0.2) is 0 Å². The highest BCUT2D eigenvalue weighted by Gasteiger charge is 2.42. The number of nitrogens with zero attached hydrogens (tertiary/aromatic N) is 1. The minimum absolute atomic E-state index is 0.00644. The molecule has 4 nitrogen and oxygen atoms in total. The van der Waals surface area contributed by atoms with Crippen molar-refractivity contribution in [1.29, 1.82) is 0 Å². The molecule has 2 atom stereocenters. The zero-order valence-electron chi connectivity index (χ0n) is 11.8. The largest absolute Gasteiger partial charge is 0.296 e. The predicted molar refractivity (Wildman–Crippen MR) is 74.9 cm³/mol. The number of piperidine rings is 1. The number of imide groups is 1. The van der Waals surface area contributed by atoms with Crippen LogP contribution in [-0.4, -0.2) is 16.8 Å². The molecule has 0 bridgehead atoms. The molecular formula is C16H20N2O2. The fraction of sp³-hybridized carbons (Fsp3) is 0.562. The van der Waals surface area contributed by atoms with Crippen molar-refractivity contribution in [3.63, 3.8) is 0 Å². The Hall–Kier alpha value is -1.71. The fourth-order valence-electron chi connectivity index (χ4n) is 3.81. The Balaban J connectivity index is 1.97. The molecule has 1 aromatic rings. The van der Waals surface area contributed by atoms with Crippen LogP contribution in [0.5, 0.6) is 0 Å². The van der Waals surface area contributed by atoms with E-state index >= 15 is 0 Å². The lowest BCUT2D eigenvalue weighted by molar-refractivity contribution is -0.138. The maximum atomic E-state index is 12.3. The van der Waals surface area contributed by atoms with Gasteiger partial charge in [0.1, 0.15) is 0 Å². The van der Waals surface area contributed by atoms with Crippen LogP contribution in [0.25, 0.3) is 0 Å². The first-order chi connectivity index (χ1) is 9.66. The average Bonchev–Trinajstić information content (AvgIpc) is 2.92. The minimum Gasteiger partial charge on any atom is -0.296 e. The smallest absolute Gasteiger partial charge is 0.230 e. The van der Waals surface area contributed by atoms with Gasteiger partial charge in [0.25, 0.3) is 0 Å². The minimum atomic E-state index is -0.155. The van der Waals surface area contributed by atoms with Crippen molar-refractivity contribution in [2.75, 3.05) is 0 Å². The SMILES string of the molecule is Cc1ccncc1C1CC(=O)NC(=O)C1C1CCCC1. The summed E-state index contributed by atoms with van der Waals surface area (Å²) in [7, 11) is 0. The second-order valence-corrected chi connectivity index (χ2v) is 6.03. The van der Waals surface area contributed by atoms with Crippen molar-refractivity contribution in [3.05, 3.63) is 29.6 Å². The van der Waals surface area contributed by atoms with Gasteiger partial charge in [-0.2, -0.15) is 0 Å². The highest BCUT2D eigenvalue weighted by atomic mass is 16.2. The summed E-state index contributed by atoms with van der Waals surface area (Å²) in [6.07, 6.45) is 8.58. The van der Waals surface area contributed by atoms with Gasteiger partial charge in [0.2, 0.25) is 11.8 Å². The molecule has 2 amide bonds. The van der Waals surface area contributed by atoms with Gasteiger partial charge < -0.3 is 0 Å². The number of pyridine rings is 1. The van der Waals surface area contributed by atoms with E-state index in [9.17, 15) is 9.59 Å². The van der Waals surface area contributed by atoms with Crippen molar-refractivity contribution in [3.8, 4) is 0 Å². The molecule has 2 aliphatic rings. The summed E-state index contributed by atoms with van der Waals surface area (Å²) in [5.74, 6) is 0.0951. The monoisotopic (exact) mass is 272 g/mol. The number of carbonyl (C=O) groups excluding carboxylic acids is 2. The first-order valence-electron chi connectivity index (χ1n) is 7.41. The van der Waals surface area contributed by atoms with Crippen LogP contribution in [0.2, 0.25) is 0 Å². The molecule has 106 valence electrons. The van der Waals surface area contributed by atoms with E-state index in [0.717, 1.165) is 24.0 Å². The summed E-state index contributed by atoms with van der Waals surface area (Å²) in [6, 6.07) is 1.96. The second kappa shape index (κ2) is 5.35. The molecular weight excluding hydrogens is 252 g/mol. The average molecular weight is 272 g/mol. The molecule has 1 aliphatic heterocycles. The number of hydrogen-bond donors (Lipinski definition) is 1. The van der Waals surface area contributed by atoms with E-state index in [2.05, 4.69) is 10.3 Å². The number of aromatic nitrogens is 1. The van der Waals surface area contributed by atoms with E-state index in [4.69, 9.17) is 0 Å². The molecule has 3 rings (SSSR count). The Morgan fingerprint density at radius 3 is 2.70 bits per heavy atom. The van der Waals surface area contributed by atoms with E-state index in [1.807, 2.05) is 19.2 Å². The fourth-order valence-corrected chi connectivity index (χ4v) is 3.81. The first-order valence-corrected chi connectivity index (χ1v) is 7.41. The number of amides is 2. The lowest BCUT2D eigenvalue weighted by atomic mass is 9.72. The molecule has 2 heterocycles. The van der Waals surface area contributed by atoms with E-state index in [1.165, 1.54) is 12.8 Å². The third kappa shape index (κ3) is 2.35. The van der Waals surface area contributed by atoms with E-state index < -0.39 is 0 Å². The van der Waals surface area contributed by atoms with Crippen LogP contribution in [0.3, 0.4) is 0 Å². The van der Waals surface area contributed by atoms with Gasteiger partial charge in [0.05, 0.1) is 0 Å². The lowest BCUT2D eigenvalue weighted by Crippen LogP contribution is -2.47. The third-order valence-corrected chi connectivity index (χ3v) is 4.79. The molecule has 2 unspecified atom stereocenters. The second-order valence-electron chi connectivity index (χ2n) is 6.03. The molecule has 1 aromatic heterocycles. The van der Waals surface area contributed by atoms with Crippen molar-refractivity contribution in [1.82, 2.24) is 10.3 Å². The van der Waals surface area contributed by atoms with Gasteiger partial charge in [-0.1, -0.05) is 12.8 Å². The van der Waals surface area contributed by atoms with Gasteiger partial charge in [0.15, 0.2) is 0 Å². The maximum Gasteiger partial charge on any atom is 0.230 e. The first kappa shape index (κ1) is 13.3. The van der Waals surface area contributed by atoms with Crippen molar-refractivity contribution < 1.29 is 9.59 Å². The zero-order chi connectivity index (χ0) is 14.1. The Bertz CT molecular complexity index is 535. The molecule has 1 aliphatic carbocycles. The molecule has 0 spiro atoms. The van der Waals surface area contributed by atoms with Gasteiger partial charge in [-0.05, 0) is 42.9 Å². The van der Waals surface area contributed by atoms with Crippen LogP contribution in [0.4, 0.5) is 0 Å².